The monoisotopic (exact) mass is 327 g/mol. The number of unbranched alkanes of at least 4 members (excludes halogenated alkanes) is 1. The molecule has 3 aromatic rings. The molecular formula is C24H25N. The van der Waals surface area contributed by atoms with Crippen LogP contribution in [-0.2, 0) is 0 Å². The second kappa shape index (κ2) is 8.89. The Morgan fingerprint density at radius 2 is 1.32 bits per heavy atom. The van der Waals surface area contributed by atoms with Crippen molar-refractivity contribution in [3.8, 4) is 0 Å². The number of nitrogens with zero attached hydrogens (tertiary/aromatic N) is 1. The van der Waals surface area contributed by atoms with Gasteiger partial charge in [0, 0.05) is 17.9 Å². The number of benzene rings is 3. The quantitative estimate of drug-likeness (QED) is 0.448. The number of rotatable bonds is 7. The molecule has 0 amide bonds. The normalized spacial score (nSPS) is 11.3. The Morgan fingerprint density at radius 1 is 0.760 bits per heavy atom. The van der Waals surface area contributed by atoms with E-state index in [1.807, 2.05) is 0 Å². The molecule has 0 fully saturated rings. The van der Waals surface area contributed by atoms with E-state index in [1.165, 1.54) is 28.9 Å². The molecule has 126 valence electrons. The minimum Gasteiger partial charge on any atom is -0.341 e. The van der Waals surface area contributed by atoms with Crippen LogP contribution in [0.25, 0.3) is 11.8 Å². The molecule has 1 heteroatoms. The standard InChI is InChI=1S/C24H25N/c1-2-3-19-25(23-17-11-6-12-18-23)24(22-15-9-5-10-16-22)20-21-13-7-4-8-14-21/h4-18,20H,2-3,19H2,1H3. The van der Waals surface area contributed by atoms with Gasteiger partial charge in [0.25, 0.3) is 0 Å². The maximum Gasteiger partial charge on any atom is 0.0490 e. The average Bonchev–Trinajstić information content (AvgIpc) is 2.69. The second-order valence-electron chi connectivity index (χ2n) is 6.15. The van der Waals surface area contributed by atoms with Crippen LogP contribution in [0.3, 0.4) is 0 Å². The Bertz CT molecular complexity index is 776. The molecule has 1 nitrogen and oxygen atoms in total. The van der Waals surface area contributed by atoms with E-state index in [2.05, 4.69) is 109 Å². The van der Waals surface area contributed by atoms with Gasteiger partial charge >= 0.3 is 0 Å². The second-order valence-corrected chi connectivity index (χ2v) is 6.15. The van der Waals surface area contributed by atoms with Gasteiger partial charge in [0.2, 0.25) is 0 Å². The summed E-state index contributed by atoms with van der Waals surface area (Å²) < 4.78 is 0. The van der Waals surface area contributed by atoms with Crippen molar-refractivity contribution >= 4 is 17.5 Å². The van der Waals surface area contributed by atoms with Gasteiger partial charge < -0.3 is 4.90 Å². The van der Waals surface area contributed by atoms with Crippen LogP contribution in [0, 0.1) is 0 Å². The maximum absolute atomic E-state index is 2.44. The predicted molar refractivity (Wildman–Crippen MR) is 109 cm³/mol. The molecule has 3 aromatic carbocycles. The van der Waals surface area contributed by atoms with Gasteiger partial charge in [0.15, 0.2) is 0 Å². The molecule has 0 radical (unpaired) electrons. The Labute approximate surface area is 151 Å². The summed E-state index contributed by atoms with van der Waals surface area (Å²) >= 11 is 0. The molecule has 0 aliphatic heterocycles. The third kappa shape index (κ3) is 4.60. The van der Waals surface area contributed by atoms with Crippen LogP contribution in [0.4, 0.5) is 5.69 Å². The van der Waals surface area contributed by atoms with E-state index >= 15 is 0 Å². The zero-order valence-corrected chi connectivity index (χ0v) is 14.8. The Morgan fingerprint density at radius 3 is 1.92 bits per heavy atom. The summed E-state index contributed by atoms with van der Waals surface area (Å²) in [5, 5.41) is 0. The first-order valence-electron chi connectivity index (χ1n) is 9.03. The number of hydrogen-bond donors (Lipinski definition) is 0. The summed E-state index contributed by atoms with van der Waals surface area (Å²) in [6.07, 6.45) is 4.63. The van der Waals surface area contributed by atoms with Gasteiger partial charge in [-0.2, -0.15) is 0 Å². The molecule has 0 saturated carbocycles. The van der Waals surface area contributed by atoms with Crippen LogP contribution in [0.1, 0.15) is 30.9 Å². The van der Waals surface area contributed by atoms with E-state index < -0.39 is 0 Å². The summed E-state index contributed by atoms with van der Waals surface area (Å²) in [5.41, 5.74) is 4.94. The Kier molecular flexibility index (Phi) is 6.06. The highest BCUT2D eigenvalue weighted by Gasteiger charge is 2.13. The van der Waals surface area contributed by atoms with Gasteiger partial charge in [-0.25, -0.2) is 0 Å². The molecule has 0 N–H and O–H groups in total. The van der Waals surface area contributed by atoms with E-state index in [0.29, 0.717) is 0 Å². The molecule has 0 saturated heterocycles. The van der Waals surface area contributed by atoms with Gasteiger partial charge in [-0.1, -0.05) is 92.2 Å². The van der Waals surface area contributed by atoms with E-state index in [1.54, 1.807) is 0 Å². The van der Waals surface area contributed by atoms with Gasteiger partial charge in [0.1, 0.15) is 0 Å². The summed E-state index contributed by atoms with van der Waals surface area (Å²) in [5.74, 6) is 0. The third-order valence-corrected chi connectivity index (χ3v) is 4.27. The molecular weight excluding hydrogens is 302 g/mol. The lowest BCUT2D eigenvalue weighted by Crippen LogP contribution is -2.22. The van der Waals surface area contributed by atoms with Crippen LogP contribution in [-0.4, -0.2) is 6.54 Å². The lowest BCUT2D eigenvalue weighted by Gasteiger charge is -2.28. The molecule has 3 rings (SSSR count). The summed E-state index contributed by atoms with van der Waals surface area (Å²) in [6, 6.07) is 31.9. The van der Waals surface area contributed by atoms with Crippen molar-refractivity contribution in [1.82, 2.24) is 0 Å². The minimum atomic E-state index is 1.01. The highest BCUT2D eigenvalue weighted by molar-refractivity contribution is 5.90. The lowest BCUT2D eigenvalue weighted by atomic mass is 10.1. The zero-order chi connectivity index (χ0) is 17.3. The fourth-order valence-electron chi connectivity index (χ4n) is 2.95. The molecule has 0 aliphatic rings. The van der Waals surface area contributed by atoms with Gasteiger partial charge in [-0.05, 0) is 35.8 Å². The van der Waals surface area contributed by atoms with Crippen molar-refractivity contribution in [2.45, 2.75) is 19.8 Å². The molecule has 0 spiro atoms. The third-order valence-electron chi connectivity index (χ3n) is 4.27. The molecule has 25 heavy (non-hydrogen) atoms. The van der Waals surface area contributed by atoms with Gasteiger partial charge in [-0.15, -0.1) is 0 Å². The summed E-state index contributed by atoms with van der Waals surface area (Å²) in [4.78, 5) is 2.44. The molecule has 0 bridgehead atoms. The summed E-state index contributed by atoms with van der Waals surface area (Å²) in [7, 11) is 0. The highest BCUT2D eigenvalue weighted by atomic mass is 15.1. The number of anilines is 1. The molecule has 0 aliphatic carbocycles. The van der Waals surface area contributed by atoms with Crippen molar-refractivity contribution in [2.24, 2.45) is 0 Å². The minimum absolute atomic E-state index is 1.01. The first-order chi connectivity index (χ1) is 12.4. The van der Waals surface area contributed by atoms with Crippen molar-refractivity contribution in [3.05, 3.63) is 102 Å². The fourth-order valence-corrected chi connectivity index (χ4v) is 2.95. The van der Waals surface area contributed by atoms with Crippen molar-refractivity contribution < 1.29 is 0 Å². The smallest absolute Gasteiger partial charge is 0.0490 e. The van der Waals surface area contributed by atoms with Crippen molar-refractivity contribution in [3.63, 3.8) is 0 Å². The van der Waals surface area contributed by atoms with E-state index in [4.69, 9.17) is 0 Å². The zero-order valence-electron chi connectivity index (χ0n) is 14.8. The number of hydrogen-bond acceptors (Lipinski definition) is 1. The Hall–Kier alpha value is -2.80. The van der Waals surface area contributed by atoms with Crippen molar-refractivity contribution in [2.75, 3.05) is 11.4 Å². The lowest BCUT2D eigenvalue weighted by molar-refractivity contribution is 0.789. The van der Waals surface area contributed by atoms with E-state index in [9.17, 15) is 0 Å². The molecule has 0 unspecified atom stereocenters. The maximum atomic E-state index is 2.44. The van der Waals surface area contributed by atoms with E-state index in [-0.39, 0.29) is 0 Å². The van der Waals surface area contributed by atoms with Gasteiger partial charge in [-0.3, -0.25) is 0 Å². The van der Waals surface area contributed by atoms with Gasteiger partial charge in [0.05, 0.1) is 0 Å². The average molecular weight is 327 g/mol. The van der Waals surface area contributed by atoms with Crippen LogP contribution < -0.4 is 4.90 Å². The van der Waals surface area contributed by atoms with Crippen LogP contribution in [0.2, 0.25) is 0 Å². The molecule has 0 heterocycles. The largest absolute Gasteiger partial charge is 0.341 e. The number of para-hydroxylation sites is 1. The first-order valence-corrected chi connectivity index (χ1v) is 9.03. The van der Waals surface area contributed by atoms with Crippen LogP contribution in [0.15, 0.2) is 91.0 Å². The molecule has 0 aromatic heterocycles. The Balaban J connectivity index is 2.08. The van der Waals surface area contributed by atoms with Crippen LogP contribution >= 0.6 is 0 Å². The highest BCUT2D eigenvalue weighted by Crippen LogP contribution is 2.28. The predicted octanol–water partition coefficient (Wildman–Crippen LogP) is 6.49. The SMILES string of the molecule is CCCCN(C(=Cc1ccccc1)c1ccccc1)c1ccccc1. The van der Waals surface area contributed by atoms with Crippen molar-refractivity contribution in [1.29, 1.82) is 0 Å². The van der Waals surface area contributed by atoms with Crippen LogP contribution in [0.5, 0.6) is 0 Å². The first kappa shape index (κ1) is 17.0. The fraction of sp³-hybridized carbons (Fsp3) is 0.167. The summed E-state index contributed by atoms with van der Waals surface area (Å²) in [6.45, 7) is 3.25. The molecule has 0 atom stereocenters. The van der Waals surface area contributed by atoms with E-state index in [0.717, 1.165) is 13.0 Å². The topological polar surface area (TPSA) is 3.24 Å².